The van der Waals surface area contributed by atoms with Gasteiger partial charge in [-0.1, -0.05) is 18.2 Å². The van der Waals surface area contributed by atoms with Crippen molar-refractivity contribution in [3.05, 3.63) is 34.9 Å². The van der Waals surface area contributed by atoms with Crippen LogP contribution in [0.25, 0.3) is 0 Å². The number of likely N-dealkylation sites (N-methyl/N-ethyl adjacent to an activating group) is 1. The first-order valence-corrected chi connectivity index (χ1v) is 6.66. The lowest BCUT2D eigenvalue weighted by molar-refractivity contribution is 0.0696. The average molecular weight is 246 g/mol. The van der Waals surface area contributed by atoms with Crippen molar-refractivity contribution in [2.45, 2.75) is 32.7 Å². The van der Waals surface area contributed by atoms with Gasteiger partial charge in [-0.2, -0.15) is 0 Å². The van der Waals surface area contributed by atoms with Gasteiger partial charge in [-0.3, -0.25) is 4.79 Å². The van der Waals surface area contributed by atoms with Crippen LogP contribution < -0.4 is 5.32 Å². The molecule has 1 aromatic rings. The van der Waals surface area contributed by atoms with Crippen molar-refractivity contribution in [1.29, 1.82) is 0 Å². The Labute approximate surface area is 109 Å². The largest absolute Gasteiger partial charge is 0.337 e. The summed E-state index contributed by atoms with van der Waals surface area (Å²) >= 11 is 0. The van der Waals surface area contributed by atoms with Gasteiger partial charge in [0.05, 0.1) is 0 Å². The molecule has 3 heteroatoms. The van der Waals surface area contributed by atoms with Gasteiger partial charge in [-0.15, -0.1) is 0 Å². The van der Waals surface area contributed by atoms with Crippen molar-refractivity contribution in [2.75, 3.05) is 20.1 Å². The molecular formula is C15H22N2O. The van der Waals surface area contributed by atoms with E-state index in [1.807, 2.05) is 44.0 Å². The lowest BCUT2D eigenvalue weighted by atomic mass is 9.99. The number of hydrogen-bond acceptors (Lipinski definition) is 2. The number of likely N-dealkylation sites (tertiary alicyclic amines) is 1. The summed E-state index contributed by atoms with van der Waals surface area (Å²) in [5, 5.41) is 3.28. The molecule has 1 amide bonds. The van der Waals surface area contributed by atoms with Gasteiger partial charge < -0.3 is 10.2 Å². The highest BCUT2D eigenvalue weighted by molar-refractivity contribution is 5.97. The number of benzene rings is 1. The first kappa shape index (κ1) is 13.1. The van der Waals surface area contributed by atoms with E-state index in [9.17, 15) is 4.79 Å². The fraction of sp³-hybridized carbons (Fsp3) is 0.533. The number of nitrogens with one attached hydrogen (secondary N) is 1. The summed E-state index contributed by atoms with van der Waals surface area (Å²) in [6, 6.07) is 6.47. The van der Waals surface area contributed by atoms with Crippen LogP contribution in [0.3, 0.4) is 0 Å². The standard InChI is InChI=1S/C15H22N2O/c1-11-6-4-7-12(2)14(11)15(18)17-9-5-8-13(10-17)16-3/h4,6-7,13,16H,5,8-10H2,1-3H3. The second-order valence-corrected chi connectivity index (χ2v) is 5.15. The molecule has 1 atom stereocenters. The molecule has 18 heavy (non-hydrogen) atoms. The van der Waals surface area contributed by atoms with Crippen LogP contribution in [-0.4, -0.2) is 37.0 Å². The third kappa shape index (κ3) is 2.56. The van der Waals surface area contributed by atoms with E-state index < -0.39 is 0 Å². The zero-order chi connectivity index (χ0) is 13.1. The minimum absolute atomic E-state index is 0.186. The normalized spacial score (nSPS) is 19.9. The van der Waals surface area contributed by atoms with Crippen molar-refractivity contribution in [2.24, 2.45) is 0 Å². The van der Waals surface area contributed by atoms with Crippen molar-refractivity contribution in [3.8, 4) is 0 Å². The van der Waals surface area contributed by atoms with Crippen LogP contribution in [0, 0.1) is 13.8 Å². The minimum atomic E-state index is 0.186. The molecule has 0 bridgehead atoms. The third-order valence-electron chi connectivity index (χ3n) is 3.81. The predicted octanol–water partition coefficient (Wildman–Crippen LogP) is 2.13. The van der Waals surface area contributed by atoms with Crippen molar-refractivity contribution in [3.63, 3.8) is 0 Å². The van der Waals surface area contributed by atoms with Crippen LogP contribution in [-0.2, 0) is 0 Å². The van der Waals surface area contributed by atoms with Gasteiger partial charge in [0.25, 0.3) is 5.91 Å². The smallest absolute Gasteiger partial charge is 0.254 e. The Hall–Kier alpha value is -1.35. The van der Waals surface area contributed by atoms with Crippen LogP contribution in [0.15, 0.2) is 18.2 Å². The summed E-state index contributed by atoms with van der Waals surface area (Å²) < 4.78 is 0. The van der Waals surface area contributed by atoms with Gasteiger partial charge in [0.1, 0.15) is 0 Å². The number of piperidine rings is 1. The predicted molar refractivity (Wildman–Crippen MR) is 73.9 cm³/mol. The molecule has 98 valence electrons. The summed E-state index contributed by atoms with van der Waals surface area (Å²) in [6.07, 6.45) is 2.25. The van der Waals surface area contributed by atoms with Crippen LogP contribution in [0.4, 0.5) is 0 Å². The molecule has 0 radical (unpaired) electrons. The maximum atomic E-state index is 12.6. The molecule has 1 heterocycles. The summed E-state index contributed by atoms with van der Waals surface area (Å²) in [7, 11) is 1.97. The van der Waals surface area contributed by atoms with E-state index in [0.717, 1.165) is 42.6 Å². The molecule has 1 saturated heterocycles. The molecule has 1 aromatic carbocycles. The second kappa shape index (κ2) is 5.53. The number of nitrogens with zero attached hydrogens (tertiary/aromatic N) is 1. The Balaban J connectivity index is 2.20. The first-order chi connectivity index (χ1) is 8.63. The fourth-order valence-electron chi connectivity index (χ4n) is 2.71. The molecule has 0 spiro atoms. The molecule has 0 aromatic heterocycles. The summed E-state index contributed by atoms with van der Waals surface area (Å²) in [5.74, 6) is 0.186. The van der Waals surface area contributed by atoms with E-state index in [4.69, 9.17) is 0 Å². The minimum Gasteiger partial charge on any atom is -0.337 e. The van der Waals surface area contributed by atoms with E-state index in [-0.39, 0.29) is 5.91 Å². The van der Waals surface area contributed by atoms with Crippen molar-refractivity contribution >= 4 is 5.91 Å². The molecule has 1 aliphatic heterocycles. The lowest BCUT2D eigenvalue weighted by Crippen LogP contribution is -2.47. The Kier molecular flexibility index (Phi) is 4.02. The number of rotatable bonds is 2. The number of hydrogen-bond donors (Lipinski definition) is 1. The summed E-state index contributed by atoms with van der Waals surface area (Å²) in [4.78, 5) is 14.6. The molecule has 1 fully saturated rings. The Morgan fingerprint density at radius 1 is 1.33 bits per heavy atom. The number of carbonyl (C=O) groups excluding carboxylic acids is 1. The highest BCUT2D eigenvalue weighted by atomic mass is 16.2. The van der Waals surface area contributed by atoms with Crippen molar-refractivity contribution in [1.82, 2.24) is 10.2 Å². The fourth-order valence-corrected chi connectivity index (χ4v) is 2.71. The number of amides is 1. The quantitative estimate of drug-likeness (QED) is 0.867. The Morgan fingerprint density at radius 3 is 2.61 bits per heavy atom. The summed E-state index contributed by atoms with van der Waals surface area (Å²) in [5.41, 5.74) is 3.03. The molecule has 0 aliphatic carbocycles. The zero-order valence-electron chi connectivity index (χ0n) is 11.5. The van der Waals surface area contributed by atoms with E-state index in [2.05, 4.69) is 5.32 Å². The maximum absolute atomic E-state index is 12.6. The van der Waals surface area contributed by atoms with Crippen LogP contribution in [0.1, 0.15) is 34.3 Å². The third-order valence-corrected chi connectivity index (χ3v) is 3.81. The van der Waals surface area contributed by atoms with Gasteiger partial charge in [-0.05, 0) is 44.9 Å². The molecule has 1 aliphatic rings. The summed E-state index contributed by atoms with van der Waals surface area (Å²) in [6.45, 7) is 5.73. The molecular weight excluding hydrogens is 224 g/mol. The SMILES string of the molecule is CNC1CCCN(C(=O)c2c(C)cccc2C)C1. The molecule has 3 nitrogen and oxygen atoms in total. The van der Waals surface area contributed by atoms with Gasteiger partial charge >= 0.3 is 0 Å². The van der Waals surface area contributed by atoms with E-state index >= 15 is 0 Å². The Morgan fingerprint density at radius 2 is 2.00 bits per heavy atom. The molecule has 2 rings (SSSR count). The molecule has 0 saturated carbocycles. The van der Waals surface area contributed by atoms with Gasteiger partial charge in [0, 0.05) is 24.7 Å². The van der Waals surface area contributed by atoms with Gasteiger partial charge in [-0.25, -0.2) is 0 Å². The van der Waals surface area contributed by atoms with Gasteiger partial charge in [0.15, 0.2) is 0 Å². The number of carbonyl (C=O) groups is 1. The van der Waals surface area contributed by atoms with E-state index in [0.29, 0.717) is 6.04 Å². The second-order valence-electron chi connectivity index (χ2n) is 5.15. The lowest BCUT2D eigenvalue weighted by Gasteiger charge is -2.33. The van der Waals surface area contributed by atoms with Crippen LogP contribution in [0.5, 0.6) is 0 Å². The van der Waals surface area contributed by atoms with Gasteiger partial charge in [0.2, 0.25) is 0 Å². The van der Waals surface area contributed by atoms with Crippen LogP contribution >= 0.6 is 0 Å². The van der Waals surface area contributed by atoms with Crippen molar-refractivity contribution < 1.29 is 4.79 Å². The van der Waals surface area contributed by atoms with Crippen LogP contribution in [0.2, 0.25) is 0 Å². The molecule has 1 unspecified atom stereocenters. The van der Waals surface area contributed by atoms with E-state index in [1.165, 1.54) is 0 Å². The monoisotopic (exact) mass is 246 g/mol. The maximum Gasteiger partial charge on any atom is 0.254 e. The average Bonchev–Trinajstić information content (AvgIpc) is 2.38. The number of aryl methyl sites for hydroxylation is 2. The highest BCUT2D eigenvalue weighted by Gasteiger charge is 2.25. The van der Waals surface area contributed by atoms with E-state index in [1.54, 1.807) is 0 Å². The highest BCUT2D eigenvalue weighted by Crippen LogP contribution is 2.19. The zero-order valence-corrected chi connectivity index (χ0v) is 11.5. The Bertz CT molecular complexity index is 422. The first-order valence-electron chi connectivity index (χ1n) is 6.66. The topological polar surface area (TPSA) is 32.3 Å². The molecule has 1 N–H and O–H groups in total.